The summed E-state index contributed by atoms with van der Waals surface area (Å²) in [6, 6.07) is 11.2. The normalized spacial score (nSPS) is 10.3. The van der Waals surface area contributed by atoms with Crippen molar-refractivity contribution in [3.8, 4) is 5.75 Å². The molecule has 26 heavy (non-hydrogen) atoms. The minimum atomic E-state index is -0.378. The Hall–Kier alpha value is -3.48. The number of aromatic nitrogens is 2. The van der Waals surface area contributed by atoms with Gasteiger partial charge in [0.05, 0.1) is 18.4 Å². The molecule has 0 fully saturated rings. The minimum absolute atomic E-state index is 0.288. The fraction of sp³-hybridized carbons (Fsp3) is 0.105. The molecule has 132 valence electrons. The van der Waals surface area contributed by atoms with E-state index >= 15 is 0 Å². The highest BCUT2D eigenvalue weighted by Gasteiger charge is 2.09. The van der Waals surface area contributed by atoms with Crippen LogP contribution in [0, 0.1) is 12.7 Å². The van der Waals surface area contributed by atoms with Crippen LogP contribution in [0.5, 0.6) is 5.75 Å². The molecule has 0 bridgehead atoms. The molecule has 0 unspecified atom stereocenters. The smallest absolute Gasteiger partial charge is 0.258 e. The first-order chi connectivity index (χ1) is 12.5. The lowest BCUT2D eigenvalue weighted by Gasteiger charge is -2.11. The number of benzene rings is 2. The van der Waals surface area contributed by atoms with Gasteiger partial charge in [0.15, 0.2) is 0 Å². The van der Waals surface area contributed by atoms with Crippen LogP contribution in [0.25, 0.3) is 0 Å². The van der Waals surface area contributed by atoms with Crippen molar-refractivity contribution >= 4 is 23.2 Å². The maximum atomic E-state index is 12.9. The van der Waals surface area contributed by atoms with Crippen LogP contribution in [-0.4, -0.2) is 23.0 Å². The molecule has 3 rings (SSSR count). The molecule has 1 amide bonds. The zero-order valence-corrected chi connectivity index (χ0v) is 14.3. The van der Waals surface area contributed by atoms with Crippen LogP contribution in [0.2, 0.25) is 0 Å². The van der Waals surface area contributed by atoms with Gasteiger partial charge in [-0.05, 0) is 48.9 Å². The molecule has 0 aliphatic rings. The van der Waals surface area contributed by atoms with E-state index in [1.54, 1.807) is 7.11 Å². The highest BCUT2D eigenvalue weighted by Crippen LogP contribution is 2.27. The Labute approximate surface area is 150 Å². The summed E-state index contributed by atoms with van der Waals surface area (Å²) in [5, 5.41) is 5.72. The summed E-state index contributed by atoms with van der Waals surface area (Å²) >= 11 is 0. The number of aryl methyl sites for hydroxylation is 1. The zero-order valence-electron chi connectivity index (χ0n) is 14.3. The molecule has 3 aromatic rings. The molecule has 0 aliphatic carbocycles. The Morgan fingerprint density at radius 3 is 2.42 bits per heavy atom. The maximum absolute atomic E-state index is 12.9. The third-order valence-electron chi connectivity index (χ3n) is 3.62. The third kappa shape index (κ3) is 4.13. The Morgan fingerprint density at radius 1 is 1.08 bits per heavy atom. The van der Waals surface area contributed by atoms with Gasteiger partial charge >= 0.3 is 0 Å². The van der Waals surface area contributed by atoms with E-state index in [9.17, 15) is 9.18 Å². The molecule has 1 aromatic heterocycles. The number of rotatable bonds is 5. The quantitative estimate of drug-likeness (QED) is 0.728. The Balaban J connectivity index is 1.71. The first-order valence-electron chi connectivity index (χ1n) is 7.86. The number of carbonyl (C=O) groups excluding carboxylic acids is 1. The molecule has 7 heteroatoms. The SMILES string of the molecule is COc1ccc(C)cc1Nc1ncc(C(=O)Nc2ccc(F)cc2)cn1. The second kappa shape index (κ2) is 7.60. The molecule has 0 saturated carbocycles. The molecule has 0 spiro atoms. The van der Waals surface area contributed by atoms with Crippen molar-refractivity contribution in [2.45, 2.75) is 6.92 Å². The molecule has 1 heterocycles. The first kappa shape index (κ1) is 17.3. The second-order valence-electron chi connectivity index (χ2n) is 5.59. The van der Waals surface area contributed by atoms with Crippen molar-refractivity contribution < 1.29 is 13.9 Å². The fourth-order valence-electron chi connectivity index (χ4n) is 2.29. The van der Waals surface area contributed by atoms with Gasteiger partial charge in [0.2, 0.25) is 5.95 Å². The summed E-state index contributed by atoms with van der Waals surface area (Å²) < 4.78 is 18.2. The monoisotopic (exact) mass is 352 g/mol. The van der Waals surface area contributed by atoms with E-state index in [1.165, 1.54) is 36.7 Å². The molecule has 0 saturated heterocycles. The van der Waals surface area contributed by atoms with E-state index in [4.69, 9.17) is 4.74 Å². The van der Waals surface area contributed by atoms with Crippen molar-refractivity contribution in [3.63, 3.8) is 0 Å². The predicted octanol–water partition coefficient (Wildman–Crippen LogP) is 3.93. The number of methoxy groups -OCH3 is 1. The highest BCUT2D eigenvalue weighted by atomic mass is 19.1. The van der Waals surface area contributed by atoms with Crippen LogP contribution in [0.4, 0.5) is 21.7 Å². The lowest BCUT2D eigenvalue weighted by molar-refractivity contribution is 0.102. The third-order valence-corrected chi connectivity index (χ3v) is 3.62. The number of carbonyl (C=O) groups is 1. The van der Waals surface area contributed by atoms with E-state index in [1.807, 2.05) is 25.1 Å². The van der Waals surface area contributed by atoms with Gasteiger partial charge in [-0.3, -0.25) is 4.79 Å². The van der Waals surface area contributed by atoms with Gasteiger partial charge in [-0.25, -0.2) is 14.4 Å². The summed E-state index contributed by atoms with van der Waals surface area (Å²) in [5.41, 5.74) is 2.57. The number of halogens is 1. The second-order valence-corrected chi connectivity index (χ2v) is 5.59. The standard InChI is InChI=1S/C19H17FN4O2/c1-12-3-8-17(26-2)16(9-12)24-19-21-10-13(11-22-19)18(25)23-15-6-4-14(20)5-7-15/h3-11H,1-2H3,(H,23,25)(H,21,22,24). The summed E-state index contributed by atoms with van der Waals surface area (Å²) in [6.45, 7) is 1.97. The molecular formula is C19H17FN4O2. The lowest BCUT2D eigenvalue weighted by Crippen LogP contribution is -2.13. The molecule has 6 nitrogen and oxygen atoms in total. The number of anilines is 3. The number of ether oxygens (including phenoxy) is 1. The summed E-state index contributed by atoms with van der Waals surface area (Å²) in [4.78, 5) is 20.5. The average molecular weight is 352 g/mol. The van der Waals surface area contributed by atoms with Gasteiger partial charge in [-0.2, -0.15) is 0 Å². The summed E-state index contributed by atoms with van der Waals surface area (Å²) in [6.07, 6.45) is 2.83. The molecule has 0 aliphatic heterocycles. The highest BCUT2D eigenvalue weighted by molar-refractivity contribution is 6.03. The predicted molar refractivity (Wildman–Crippen MR) is 97.4 cm³/mol. The molecule has 0 radical (unpaired) electrons. The topological polar surface area (TPSA) is 76.1 Å². The Bertz CT molecular complexity index is 912. The Morgan fingerprint density at radius 2 is 1.77 bits per heavy atom. The van der Waals surface area contributed by atoms with Crippen LogP contribution in [-0.2, 0) is 0 Å². The number of amides is 1. The van der Waals surface area contributed by atoms with Gasteiger partial charge in [0, 0.05) is 18.1 Å². The first-order valence-corrected chi connectivity index (χ1v) is 7.86. The van der Waals surface area contributed by atoms with Crippen LogP contribution in [0.15, 0.2) is 54.9 Å². The number of hydrogen-bond acceptors (Lipinski definition) is 5. The fourth-order valence-corrected chi connectivity index (χ4v) is 2.29. The Kier molecular flexibility index (Phi) is 5.07. The largest absolute Gasteiger partial charge is 0.495 e. The van der Waals surface area contributed by atoms with Crippen molar-refractivity contribution in [3.05, 3.63) is 71.8 Å². The van der Waals surface area contributed by atoms with E-state index in [2.05, 4.69) is 20.6 Å². The maximum Gasteiger partial charge on any atom is 0.258 e. The number of hydrogen-bond donors (Lipinski definition) is 2. The average Bonchev–Trinajstić information content (AvgIpc) is 2.64. The van der Waals surface area contributed by atoms with Gasteiger partial charge < -0.3 is 15.4 Å². The molecule has 0 atom stereocenters. The van der Waals surface area contributed by atoms with Crippen LogP contribution in [0.1, 0.15) is 15.9 Å². The number of nitrogens with one attached hydrogen (secondary N) is 2. The van der Waals surface area contributed by atoms with Crippen LogP contribution < -0.4 is 15.4 Å². The minimum Gasteiger partial charge on any atom is -0.495 e. The van der Waals surface area contributed by atoms with Gasteiger partial charge in [0.1, 0.15) is 11.6 Å². The number of nitrogens with zero attached hydrogens (tertiary/aromatic N) is 2. The van der Waals surface area contributed by atoms with Crippen molar-refractivity contribution in [1.29, 1.82) is 0 Å². The molecule has 2 N–H and O–H groups in total. The summed E-state index contributed by atoms with van der Waals surface area (Å²) in [7, 11) is 1.58. The van der Waals surface area contributed by atoms with Crippen molar-refractivity contribution in [2.24, 2.45) is 0 Å². The molecule has 2 aromatic carbocycles. The van der Waals surface area contributed by atoms with Crippen molar-refractivity contribution in [2.75, 3.05) is 17.7 Å². The van der Waals surface area contributed by atoms with Gasteiger partial charge in [0.25, 0.3) is 5.91 Å². The van der Waals surface area contributed by atoms with Gasteiger partial charge in [-0.15, -0.1) is 0 Å². The van der Waals surface area contributed by atoms with Crippen molar-refractivity contribution in [1.82, 2.24) is 9.97 Å². The van der Waals surface area contributed by atoms with E-state index in [0.29, 0.717) is 17.4 Å². The summed E-state index contributed by atoms with van der Waals surface area (Å²) in [5.74, 6) is 0.259. The van der Waals surface area contributed by atoms with Crippen LogP contribution in [0.3, 0.4) is 0 Å². The van der Waals surface area contributed by atoms with Gasteiger partial charge in [-0.1, -0.05) is 6.07 Å². The van der Waals surface area contributed by atoms with E-state index in [-0.39, 0.29) is 17.3 Å². The van der Waals surface area contributed by atoms with Crippen LogP contribution >= 0.6 is 0 Å². The zero-order chi connectivity index (χ0) is 18.5. The lowest BCUT2D eigenvalue weighted by atomic mass is 10.2. The van der Waals surface area contributed by atoms with E-state index < -0.39 is 0 Å². The molecular weight excluding hydrogens is 335 g/mol. The van der Waals surface area contributed by atoms with E-state index in [0.717, 1.165) is 11.3 Å².